The van der Waals surface area contributed by atoms with Crippen LogP contribution in [0, 0.1) is 10.5 Å². The largest absolute Gasteiger partial charge is 0.478 e. The van der Waals surface area contributed by atoms with Gasteiger partial charge in [-0.1, -0.05) is 18.2 Å². The number of para-hydroxylation sites is 1. The van der Waals surface area contributed by atoms with Crippen LogP contribution in [0.5, 0.6) is 0 Å². The summed E-state index contributed by atoms with van der Waals surface area (Å²) in [5.74, 6) is -1.02. The van der Waals surface area contributed by atoms with Gasteiger partial charge in [-0.25, -0.2) is 9.59 Å². The number of hydrogen-bond donors (Lipinski definition) is 3. The van der Waals surface area contributed by atoms with E-state index in [9.17, 15) is 9.59 Å². The van der Waals surface area contributed by atoms with Crippen LogP contribution in [0.2, 0.25) is 0 Å². The molecule has 0 bridgehead atoms. The van der Waals surface area contributed by atoms with Crippen molar-refractivity contribution in [3.8, 4) is 0 Å². The molecule has 6 heteroatoms. The first kappa shape index (κ1) is 15.3. The van der Waals surface area contributed by atoms with Gasteiger partial charge in [-0.2, -0.15) is 0 Å². The van der Waals surface area contributed by atoms with Crippen LogP contribution in [0.1, 0.15) is 15.9 Å². The molecule has 0 unspecified atom stereocenters. The Hall–Kier alpha value is -2.09. The highest BCUT2D eigenvalue weighted by atomic mass is 127. The van der Waals surface area contributed by atoms with Gasteiger partial charge in [0.05, 0.1) is 11.3 Å². The Morgan fingerprint density at radius 2 is 1.81 bits per heavy atom. The number of carbonyl (C=O) groups is 2. The van der Waals surface area contributed by atoms with Crippen molar-refractivity contribution in [2.24, 2.45) is 0 Å². The van der Waals surface area contributed by atoms with Crippen molar-refractivity contribution in [2.75, 3.05) is 10.6 Å². The zero-order valence-electron chi connectivity index (χ0n) is 11.2. The molecule has 0 atom stereocenters. The SMILES string of the molecule is Cc1ccc(NC(=O)Nc2ccccc2I)cc1C(=O)O. The maximum atomic E-state index is 11.9. The number of carboxylic acid groups (broad SMARTS) is 1. The van der Waals surface area contributed by atoms with E-state index in [2.05, 4.69) is 33.2 Å². The van der Waals surface area contributed by atoms with E-state index in [4.69, 9.17) is 5.11 Å². The highest BCUT2D eigenvalue weighted by molar-refractivity contribution is 14.1. The summed E-state index contributed by atoms with van der Waals surface area (Å²) in [5, 5.41) is 14.4. The summed E-state index contributed by atoms with van der Waals surface area (Å²) in [6.45, 7) is 1.71. The predicted molar refractivity (Wildman–Crippen MR) is 89.9 cm³/mol. The van der Waals surface area contributed by atoms with Gasteiger partial charge in [0.15, 0.2) is 0 Å². The predicted octanol–water partition coefficient (Wildman–Crippen LogP) is 3.94. The third-order valence-electron chi connectivity index (χ3n) is 2.85. The number of rotatable bonds is 3. The van der Waals surface area contributed by atoms with Gasteiger partial charge in [0.2, 0.25) is 0 Å². The van der Waals surface area contributed by atoms with Gasteiger partial charge in [0.1, 0.15) is 0 Å². The lowest BCUT2D eigenvalue weighted by molar-refractivity contribution is 0.0696. The van der Waals surface area contributed by atoms with Crippen LogP contribution in [-0.2, 0) is 0 Å². The molecule has 108 valence electrons. The highest BCUT2D eigenvalue weighted by Crippen LogP contribution is 2.18. The van der Waals surface area contributed by atoms with Crippen molar-refractivity contribution >= 4 is 46.0 Å². The number of halogens is 1. The topological polar surface area (TPSA) is 78.4 Å². The van der Waals surface area contributed by atoms with Crippen LogP contribution in [0.15, 0.2) is 42.5 Å². The minimum atomic E-state index is -1.02. The molecule has 0 aliphatic heterocycles. The lowest BCUT2D eigenvalue weighted by Crippen LogP contribution is -2.20. The molecule has 0 heterocycles. The number of urea groups is 1. The quantitative estimate of drug-likeness (QED) is 0.688. The highest BCUT2D eigenvalue weighted by Gasteiger charge is 2.10. The van der Waals surface area contributed by atoms with Crippen molar-refractivity contribution in [3.05, 3.63) is 57.2 Å². The lowest BCUT2D eigenvalue weighted by Gasteiger charge is -2.10. The Morgan fingerprint density at radius 3 is 2.48 bits per heavy atom. The summed E-state index contributed by atoms with van der Waals surface area (Å²) >= 11 is 2.12. The second-order valence-corrected chi connectivity index (χ2v) is 5.56. The second-order valence-electron chi connectivity index (χ2n) is 4.39. The Morgan fingerprint density at radius 1 is 1.10 bits per heavy atom. The van der Waals surface area contributed by atoms with E-state index in [1.807, 2.05) is 18.2 Å². The van der Waals surface area contributed by atoms with E-state index < -0.39 is 12.0 Å². The van der Waals surface area contributed by atoms with E-state index in [0.717, 1.165) is 3.57 Å². The van der Waals surface area contributed by atoms with Gasteiger partial charge in [0, 0.05) is 9.26 Å². The maximum Gasteiger partial charge on any atom is 0.336 e. The number of aryl methyl sites for hydroxylation is 1. The molecule has 0 aromatic heterocycles. The molecule has 21 heavy (non-hydrogen) atoms. The molecule has 2 rings (SSSR count). The van der Waals surface area contributed by atoms with Crippen LogP contribution in [0.4, 0.5) is 16.2 Å². The van der Waals surface area contributed by atoms with Gasteiger partial charge < -0.3 is 15.7 Å². The summed E-state index contributed by atoms with van der Waals surface area (Å²) < 4.78 is 0.917. The van der Waals surface area contributed by atoms with Crippen LogP contribution >= 0.6 is 22.6 Å². The van der Waals surface area contributed by atoms with Crippen LogP contribution in [0.25, 0.3) is 0 Å². The van der Waals surface area contributed by atoms with Crippen molar-refractivity contribution < 1.29 is 14.7 Å². The molecule has 0 spiro atoms. The fraction of sp³-hybridized carbons (Fsp3) is 0.0667. The molecule has 2 aromatic carbocycles. The Balaban J connectivity index is 2.12. The third-order valence-corrected chi connectivity index (χ3v) is 3.79. The first-order valence-electron chi connectivity index (χ1n) is 6.14. The first-order chi connectivity index (χ1) is 9.97. The number of aromatic carboxylic acids is 1. The van der Waals surface area contributed by atoms with E-state index in [1.165, 1.54) is 6.07 Å². The van der Waals surface area contributed by atoms with Gasteiger partial charge in [-0.15, -0.1) is 0 Å². The van der Waals surface area contributed by atoms with Crippen molar-refractivity contribution in [1.29, 1.82) is 0 Å². The fourth-order valence-electron chi connectivity index (χ4n) is 1.78. The molecule has 0 saturated heterocycles. The van der Waals surface area contributed by atoms with E-state index >= 15 is 0 Å². The second kappa shape index (κ2) is 6.57. The Kier molecular flexibility index (Phi) is 4.79. The molecular formula is C15H13IN2O3. The van der Waals surface area contributed by atoms with Gasteiger partial charge in [-0.3, -0.25) is 0 Å². The molecule has 0 aliphatic rings. The van der Waals surface area contributed by atoms with E-state index in [1.54, 1.807) is 25.1 Å². The summed E-state index contributed by atoms with van der Waals surface area (Å²) in [7, 11) is 0. The van der Waals surface area contributed by atoms with E-state index in [-0.39, 0.29) is 5.56 Å². The molecule has 0 radical (unpaired) electrons. The maximum absolute atomic E-state index is 11.9. The van der Waals surface area contributed by atoms with Crippen LogP contribution in [0.3, 0.4) is 0 Å². The normalized spacial score (nSPS) is 10.0. The zero-order chi connectivity index (χ0) is 15.4. The minimum Gasteiger partial charge on any atom is -0.478 e. The summed E-state index contributed by atoms with van der Waals surface area (Å²) in [6, 6.07) is 11.7. The standard InChI is InChI=1S/C15H13IN2O3/c1-9-6-7-10(8-11(9)14(19)20)17-15(21)18-13-5-3-2-4-12(13)16/h2-8H,1H3,(H,19,20)(H2,17,18,21). The molecule has 0 fully saturated rings. The monoisotopic (exact) mass is 396 g/mol. The summed E-state index contributed by atoms with van der Waals surface area (Å²) in [5.41, 5.74) is 1.94. The Bertz CT molecular complexity index is 701. The smallest absolute Gasteiger partial charge is 0.336 e. The Labute approximate surface area is 135 Å². The molecule has 2 amide bonds. The minimum absolute atomic E-state index is 0.169. The van der Waals surface area contributed by atoms with Crippen LogP contribution < -0.4 is 10.6 Å². The molecule has 0 saturated carbocycles. The molecule has 2 aromatic rings. The number of hydrogen-bond acceptors (Lipinski definition) is 2. The lowest BCUT2D eigenvalue weighted by atomic mass is 10.1. The first-order valence-corrected chi connectivity index (χ1v) is 7.21. The van der Waals surface area contributed by atoms with Crippen molar-refractivity contribution in [1.82, 2.24) is 0 Å². The molecule has 3 N–H and O–H groups in total. The molecular weight excluding hydrogens is 383 g/mol. The van der Waals surface area contributed by atoms with E-state index in [0.29, 0.717) is 16.9 Å². The van der Waals surface area contributed by atoms with Gasteiger partial charge in [-0.05, 0) is 59.3 Å². The number of nitrogens with one attached hydrogen (secondary N) is 2. The van der Waals surface area contributed by atoms with Gasteiger partial charge >= 0.3 is 12.0 Å². The number of benzene rings is 2. The molecule has 5 nitrogen and oxygen atoms in total. The third kappa shape index (κ3) is 3.94. The fourth-order valence-corrected chi connectivity index (χ4v) is 2.30. The summed E-state index contributed by atoms with van der Waals surface area (Å²) in [4.78, 5) is 23.0. The van der Waals surface area contributed by atoms with Crippen molar-refractivity contribution in [3.63, 3.8) is 0 Å². The average Bonchev–Trinajstić information content (AvgIpc) is 2.43. The van der Waals surface area contributed by atoms with Gasteiger partial charge in [0.25, 0.3) is 0 Å². The summed E-state index contributed by atoms with van der Waals surface area (Å²) in [6.07, 6.45) is 0. The number of amides is 2. The number of carboxylic acids is 1. The van der Waals surface area contributed by atoms with Crippen molar-refractivity contribution in [2.45, 2.75) is 6.92 Å². The molecule has 0 aliphatic carbocycles. The number of anilines is 2. The zero-order valence-corrected chi connectivity index (χ0v) is 13.3. The number of carbonyl (C=O) groups excluding carboxylic acids is 1. The van der Waals surface area contributed by atoms with Crippen LogP contribution in [-0.4, -0.2) is 17.1 Å². The average molecular weight is 396 g/mol.